The Morgan fingerprint density at radius 1 is 1.03 bits per heavy atom. The summed E-state index contributed by atoms with van der Waals surface area (Å²) >= 11 is 0. The molecule has 0 aliphatic carbocycles. The number of aliphatic hydroxyl groups excluding tert-OH is 1. The number of carbonyl (C=O) groups excluding carboxylic acids is 1. The molecule has 2 amide bonds. The van der Waals surface area contributed by atoms with E-state index in [1.807, 2.05) is 45.0 Å². The van der Waals surface area contributed by atoms with Gasteiger partial charge in [-0.25, -0.2) is 4.79 Å². The number of ether oxygens (including phenoxy) is 3. The molecule has 2 rings (SSSR count). The summed E-state index contributed by atoms with van der Waals surface area (Å²) in [5.74, 6) is 1.13. The van der Waals surface area contributed by atoms with Crippen molar-refractivity contribution in [2.75, 3.05) is 20.8 Å². The average Bonchev–Trinajstić information content (AvgIpc) is 2.73. The molecule has 7 heteroatoms. The van der Waals surface area contributed by atoms with Gasteiger partial charge in [-0.15, -0.1) is 0 Å². The van der Waals surface area contributed by atoms with Gasteiger partial charge in [-0.3, -0.25) is 0 Å². The fraction of sp³-hybridized carbons (Fsp3) is 0.435. The molecule has 7 nitrogen and oxygen atoms in total. The highest BCUT2D eigenvalue weighted by Gasteiger charge is 2.16. The van der Waals surface area contributed by atoms with Crippen LogP contribution in [0.15, 0.2) is 42.5 Å². The van der Waals surface area contributed by atoms with E-state index < -0.39 is 6.10 Å². The number of aliphatic hydroxyl groups is 1. The Bertz CT molecular complexity index is 833. The summed E-state index contributed by atoms with van der Waals surface area (Å²) in [6.45, 7) is 6.95. The molecule has 2 aromatic carbocycles. The van der Waals surface area contributed by atoms with Gasteiger partial charge in [0.25, 0.3) is 0 Å². The van der Waals surface area contributed by atoms with Crippen molar-refractivity contribution < 1.29 is 24.1 Å². The molecule has 0 saturated heterocycles. The van der Waals surface area contributed by atoms with Gasteiger partial charge in [-0.05, 0) is 50.1 Å². The van der Waals surface area contributed by atoms with Crippen molar-refractivity contribution >= 4 is 6.03 Å². The van der Waals surface area contributed by atoms with Crippen molar-refractivity contribution in [2.45, 2.75) is 45.6 Å². The van der Waals surface area contributed by atoms with E-state index >= 15 is 0 Å². The number of nitrogens with one attached hydrogen (secondary N) is 2. The Morgan fingerprint density at radius 3 is 2.43 bits per heavy atom. The minimum Gasteiger partial charge on any atom is -0.497 e. The fourth-order valence-corrected chi connectivity index (χ4v) is 2.77. The van der Waals surface area contributed by atoms with Gasteiger partial charge in [0.15, 0.2) is 0 Å². The topological polar surface area (TPSA) is 89.0 Å². The molecular formula is C23H32N2O5. The van der Waals surface area contributed by atoms with Crippen molar-refractivity contribution in [3.63, 3.8) is 0 Å². The number of amides is 2. The van der Waals surface area contributed by atoms with Crippen LogP contribution in [0.5, 0.6) is 11.5 Å². The van der Waals surface area contributed by atoms with Crippen LogP contribution in [0, 0.1) is 0 Å². The van der Waals surface area contributed by atoms with Crippen molar-refractivity contribution in [1.82, 2.24) is 10.6 Å². The summed E-state index contributed by atoms with van der Waals surface area (Å²) in [5, 5.41) is 15.9. The molecule has 0 saturated carbocycles. The third-order valence-electron chi connectivity index (χ3n) is 4.37. The number of hydrogen-bond donors (Lipinski definition) is 3. The molecule has 3 N–H and O–H groups in total. The molecule has 0 bridgehead atoms. The second kappa shape index (κ2) is 10.8. The zero-order chi connectivity index (χ0) is 22.1. The zero-order valence-corrected chi connectivity index (χ0v) is 18.3. The molecule has 0 aliphatic heterocycles. The van der Waals surface area contributed by atoms with Crippen molar-refractivity contribution in [2.24, 2.45) is 0 Å². The van der Waals surface area contributed by atoms with Gasteiger partial charge in [0, 0.05) is 18.7 Å². The van der Waals surface area contributed by atoms with E-state index in [2.05, 4.69) is 10.6 Å². The molecule has 0 aliphatic rings. The third-order valence-corrected chi connectivity index (χ3v) is 4.37. The van der Waals surface area contributed by atoms with Gasteiger partial charge in [-0.2, -0.15) is 0 Å². The highest BCUT2D eigenvalue weighted by molar-refractivity contribution is 5.73. The SMILES string of the molecule is COc1ccc(OC)c(C(O)CNC(=O)NCc2cccc(COC(C)(C)C)c2)c1. The smallest absolute Gasteiger partial charge is 0.315 e. The van der Waals surface area contributed by atoms with Gasteiger partial charge < -0.3 is 30.0 Å². The van der Waals surface area contributed by atoms with Gasteiger partial charge in [0.2, 0.25) is 0 Å². The maximum atomic E-state index is 12.2. The predicted molar refractivity (Wildman–Crippen MR) is 116 cm³/mol. The first-order valence-corrected chi connectivity index (χ1v) is 9.85. The maximum absolute atomic E-state index is 12.2. The van der Waals surface area contributed by atoms with Crippen LogP contribution >= 0.6 is 0 Å². The highest BCUT2D eigenvalue weighted by atomic mass is 16.5. The van der Waals surface area contributed by atoms with E-state index in [1.54, 1.807) is 25.3 Å². The molecule has 30 heavy (non-hydrogen) atoms. The van der Waals surface area contributed by atoms with Gasteiger partial charge in [-0.1, -0.05) is 24.3 Å². The molecule has 1 atom stereocenters. The number of urea groups is 1. The van der Waals surface area contributed by atoms with E-state index in [-0.39, 0.29) is 18.2 Å². The molecule has 0 aromatic heterocycles. The Hall–Kier alpha value is -2.77. The van der Waals surface area contributed by atoms with Crippen LogP contribution in [0.25, 0.3) is 0 Å². The van der Waals surface area contributed by atoms with E-state index in [4.69, 9.17) is 14.2 Å². The Morgan fingerprint density at radius 2 is 1.77 bits per heavy atom. The van der Waals surface area contributed by atoms with Crippen molar-refractivity contribution in [1.29, 1.82) is 0 Å². The lowest BCUT2D eigenvalue weighted by Gasteiger charge is -2.19. The van der Waals surface area contributed by atoms with E-state index in [0.717, 1.165) is 11.1 Å². The Kier molecular flexibility index (Phi) is 8.50. The fourth-order valence-electron chi connectivity index (χ4n) is 2.77. The van der Waals surface area contributed by atoms with Crippen LogP contribution < -0.4 is 20.1 Å². The third kappa shape index (κ3) is 7.57. The van der Waals surface area contributed by atoms with Crippen LogP contribution in [-0.2, 0) is 17.9 Å². The molecule has 1 unspecified atom stereocenters. The normalized spacial score (nSPS) is 12.2. The van der Waals surface area contributed by atoms with E-state index in [0.29, 0.717) is 30.2 Å². The number of hydrogen-bond acceptors (Lipinski definition) is 5. The zero-order valence-electron chi connectivity index (χ0n) is 18.3. The van der Waals surface area contributed by atoms with Crippen LogP contribution in [0.1, 0.15) is 43.6 Å². The summed E-state index contributed by atoms with van der Waals surface area (Å²) in [5.41, 5.74) is 2.35. The van der Waals surface area contributed by atoms with E-state index in [9.17, 15) is 9.90 Å². The summed E-state index contributed by atoms with van der Waals surface area (Å²) in [7, 11) is 3.08. The lowest BCUT2D eigenvalue weighted by molar-refractivity contribution is -0.0149. The average molecular weight is 417 g/mol. The number of benzene rings is 2. The second-order valence-corrected chi connectivity index (χ2v) is 7.91. The predicted octanol–water partition coefficient (Wildman–Crippen LogP) is 3.55. The second-order valence-electron chi connectivity index (χ2n) is 7.91. The minimum absolute atomic E-state index is 0.0365. The molecule has 0 fully saturated rings. The molecule has 0 heterocycles. The van der Waals surface area contributed by atoms with Crippen LogP contribution in [-0.4, -0.2) is 37.5 Å². The number of rotatable bonds is 9. The molecule has 0 spiro atoms. The summed E-state index contributed by atoms with van der Waals surface area (Å²) in [6.07, 6.45) is -0.932. The summed E-state index contributed by atoms with van der Waals surface area (Å²) in [6, 6.07) is 12.7. The Labute approximate surface area is 178 Å². The standard InChI is InChI=1S/C23H32N2O5/c1-23(2,3)30-15-17-8-6-7-16(11-17)13-24-22(27)25-14-20(26)19-12-18(28-4)9-10-21(19)29-5/h6-12,20,26H,13-15H2,1-5H3,(H2,24,25,27). The maximum Gasteiger partial charge on any atom is 0.315 e. The first-order valence-electron chi connectivity index (χ1n) is 9.85. The highest BCUT2D eigenvalue weighted by Crippen LogP contribution is 2.29. The largest absolute Gasteiger partial charge is 0.497 e. The first kappa shape index (κ1) is 23.5. The van der Waals surface area contributed by atoms with Crippen LogP contribution in [0.4, 0.5) is 4.79 Å². The Balaban J connectivity index is 1.85. The van der Waals surface area contributed by atoms with Gasteiger partial charge >= 0.3 is 6.03 Å². The number of methoxy groups -OCH3 is 2. The molecule has 164 valence electrons. The van der Waals surface area contributed by atoms with Gasteiger partial charge in [0.1, 0.15) is 17.6 Å². The molecule has 0 radical (unpaired) electrons. The lowest BCUT2D eigenvalue weighted by Crippen LogP contribution is -2.37. The molecular weight excluding hydrogens is 384 g/mol. The summed E-state index contributed by atoms with van der Waals surface area (Å²) < 4.78 is 16.3. The quantitative estimate of drug-likeness (QED) is 0.582. The lowest BCUT2D eigenvalue weighted by atomic mass is 10.1. The monoisotopic (exact) mass is 416 g/mol. The van der Waals surface area contributed by atoms with Gasteiger partial charge in [0.05, 0.1) is 26.4 Å². The minimum atomic E-state index is -0.932. The summed E-state index contributed by atoms with van der Waals surface area (Å²) in [4.78, 5) is 12.2. The first-order chi connectivity index (χ1) is 14.2. The van der Waals surface area contributed by atoms with Crippen LogP contribution in [0.2, 0.25) is 0 Å². The number of carbonyl (C=O) groups is 1. The van der Waals surface area contributed by atoms with E-state index in [1.165, 1.54) is 7.11 Å². The van der Waals surface area contributed by atoms with Crippen molar-refractivity contribution in [3.05, 3.63) is 59.2 Å². The van der Waals surface area contributed by atoms with Crippen molar-refractivity contribution in [3.8, 4) is 11.5 Å². The van der Waals surface area contributed by atoms with Crippen LogP contribution in [0.3, 0.4) is 0 Å². The molecule has 2 aromatic rings.